The second-order valence-electron chi connectivity index (χ2n) is 4.92. The number of halogens is 4. The van der Waals surface area contributed by atoms with Crippen LogP contribution in [0.15, 0.2) is 36.4 Å². The summed E-state index contributed by atoms with van der Waals surface area (Å²) in [5.41, 5.74) is 4.78. The van der Waals surface area contributed by atoms with Crippen LogP contribution in [0.2, 0.25) is 0 Å². The minimum absolute atomic E-state index is 0. The van der Waals surface area contributed by atoms with E-state index in [2.05, 4.69) is 16.2 Å². The van der Waals surface area contributed by atoms with Crippen molar-refractivity contribution in [3.8, 4) is 24.0 Å². The van der Waals surface area contributed by atoms with Crippen molar-refractivity contribution in [3.05, 3.63) is 53.2 Å². The van der Waals surface area contributed by atoms with E-state index in [0.29, 0.717) is 0 Å². The zero-order valence-electron chi connectivity index (χ0n) is 13.3. The Bertz CT molecular complexity index is 820. The summed E-state index contributed by atoms with van der Waals surface area (Å²) < 4.78 is 44.0. The van der Waals surface area contributed by atoms with E-state index in [4.69, 9.17) is 16.9 Å². The molecule has 3 N–H and O–H groups in total. The lowest BCUT2D eigenvalue weighted by Gasteiger charge is -2.12. The number of nitrogens with one attached hydrogen (secondary N) is 1. The van der Waals surface area contributed by atoms with E-state index in [1.807, 2.05) is 0 Å². The van der Waals surface area contributed by atoms with Crippen molar-refractivity contribution in [3.63, 3.8) is 0 Å². The van der Waals surface area contributed by atoms with Crippen LogP contribution < -0.4 is 15.8 Å². The van der Waals surface area contributed by atoms with Gasteiger partial charge < -0.3 is 15.8 Å². The molecule has 9 heteroatoms. The molecule has 2 aromatic rings. The Hall–Kier alpha value is -2.76. The van der Waals surface area contributed by atoms with Gasteiger partial charge in [-0.25, -0.2) is 4.98 Å². The number of benzene rings is 1. The molecule has 26 heavy (non-hydrogen) atoms. The SMILES string of the molecule is C#CCNC(=O)c1cccc(Oc2cc(CN)cc(C(F)(F)F)n2)c1.Cl. The summed E-state index contributed by atoms with van der Waals surface area (Å²) in [6, 6.07) is 8.07. The summed E-state index contributed by atoms with van der Waals surface area (Å²) in [5, 5.41) is 2.48. The smallest absolute Gasteiger partial charge is 0.433 e. The lowest BCUT2D eigenvalue weighted by Crippen LogP contribution is -2.23. The molecule has 1 amide bonds. The van der Waals surface area contributed by atoms with Crippen LogP contribution in [0.25, 0.3) is 0 Å². The van der Waals surface area contributed by atoms with Gasteiger partial charge in [0.25, 0.3) is 5.91 Å². The first kappa shape index (κ1) is 21.3. The number of rotatable bonds is 5. The van der Waals surface area contributed by atoms with Crippen LogP contribution in [0.5, 0.6) is 11.6 Å². The maximum absolute atomic E-state index is 12.9. The molecule has 5 nitrogen and oxygen atoms in total. The van der Waals surface area contributed by atoms with Crippen LogP contribution in [0.4, 0.5) is 13.2 Å². The fourth-order valence-electron chi connectivity index (χ4n) is 1.93. The fraction of sp³-hybridized carbons (Fsp3) is 0.176. The minimum atomic E-state index is -4.62. The molecule has 0 aliphatic rings. The Morgan fingerprint density at radius 1 is 1.31 bits per heavy atom. The first-order valence-corrected chi connectivity index (χ1v) is 7.11. The second kappa shape index (κ2) is 9.08. The van der Waals surface area contributed by atoms with Gasteiger partial charge in [-0.05, 0) is 29.8 Å². The molecule has 0 radical (unpaired) electrons. The quantitative estimate of drug-likeness (QED) is 0.775. The van der Waals surface area contributed by atoms with Gasteiger partial charge in [-0.15, -0.1) is 18.8 Å². The zero-order valence-corrected chi connectivity index (χ0v) is 14.2. The van der Waals surface area contributed by atoms with E-state index in [1.165, 1.54) is 30.3 Å². The molecular formula is C17H15ClF3N3O2. The molecule has 0 bridgehead atoms. The maximum atomic E-state index is 12.9. The van der Waals surface area contributed by atoms with E-state index >= 15 is 0 Å². The van der Waals surface area contributed by atoms with Crippen molar-refractivity contribution in [1.29, 1.82) is 0 Å². The Kier molecular flexibility index (Phi) is 7.43. The van der Waals surface area contributed by atoms with Crippen molar-refractivity contribution in [1.82, 2.24) is 10.3 Å². The van der Waals surface area contributed by atoms with Crippen molar-refractivity contribution >= 4 is 18.3 Å². The van der Waals surface area contributed by atoms with Gasteiger partial charge in [-0.2, -0.15) is 13.2 Å². The molecule has 1 aromatic carbocycles. The van der Waals surface area contributed by atoms with Crippen LogP contribution >= 0.6 is 12.4 Å². The average Bonchev–Trinajstić information content (AvgIpc) is 2.58. The molecule has 138 valence electrons. The Morgan fingerprint density at radius 2 is 2.04 bits per heavy atom. The van der Waals surface area contributed by atoms with E-state index in [9.17, 15) is 18.0 Å². The van der Waals surface area contributed by atoms with E-state index in [1.54, 1.807) is 0 Å². The van der Waals surface area contributed by atoms with Gasteiger partial charge in [0, 0.05) is 18.2 Å². The molecule has 0 unspecified atom stereocenters. The predicted molar refractivity (Wildman–Crippen MR) is 92.1 cm³/mol. The summed E-state index contributed by atoms with van der Waals surface area (Å²) in [4.78, 5) is 15.3. The van der Waals surface area contributed by atoms with Crippen LogP contribution in [0, 0.1) is 12.3 Å². The summed E-state index contributed by atoms with van der Waals surface area (Å²) in [6.07, 6.45) is 0.439. The third-order valence-electron chi connectivity index (χ3n) is 3.06. The van der Waals surface area contributed by atoms with Gasteiger partial charge in [0.2, 0.25) is 5.88 Å². The lowest BCUT2D eigenvalue weighted by atomic mass is 10.2. The summed E-state index contributed by atoms with van der Waals surface area (Å²) in [6.45, 7) is -0.0462. The molecule has 2 rings (SSSR count). The van der Waals surface area contributed by atoms with E-state index < -0.39 is 17.8 Å². The number of nitrogens with two attached hydrogens (primary N) is 1. The summed E-state index contributed by atoms with van der Waals surface area (Å²) in [7, 11) is 0. The third-order valence-corrected chi connectivity index (χ3v) is 3.06. The molecule has 0 fully saturated rings. The zero-order chi connectivity index (χ0) is 18.4. The average molecular weight is 386 g/mol. The second-order valence-corrected chi connectivity index (χ2v) is 4.92. The number of pyridine rings is 1. The number of carbonyl (C=O) groups is 1. The molecule has 0 saturated heterocycles. The summed E-state index contributed by atoms with van der Waals surface area (Å²) >= 11 is 0. The number of nitrogens with zero attached hydrogens (tertiary/aromatic N) is 1. The van der Waals surface area contributed by atoms with Gasteiger partial charge in [0.15, 0.2) is 0 Å². The van der Waals surface area contributed by atoms with Gasteiger partial charge in [-0.1, -0.05) is 12.0 Å². The van der Waals surface area contributed by atoms with Gasteiger partial charge in [0.05, 0.1) is 6.54 Å². The monoisotopic (exact) mass is 385 g/mol. The number of alkyl halides is 3. The number of terminal acetylenes is 1. The summed E-state index contributed by atoms with van der Waals surface area (Å²) in [5.74, 6) is 1.73. The normalized spacial score (nSPS) is 10.4. The molecule has 1 aromatic heterocycles. The Labute approximate surface area is 154 Å². The number of hydrogen-bond donors (Lipinski definition) is 2. The van der Waals surface area contributed by atoms with Gasteiger partial charge in [0.1, 0.15) is 11.4 Å². The number of ether oxygens (including phenoxy) is 1. The van der Waals surface area contributed by atoms with Crippen molar-refractivity contribution < 1.29 is 22.7 Å². The van der Waals surface area contributed by atoms with E-state index in [-0.39, 0.29) is 48.3 Å². The lowest BCUT2D eigenvalue weighted by molar-refractivity contribution is -0.141. The maximum Gasteiger partial charge on any atom is 0.433 e. The van der Waals surface area contributed by atoms with Crippen LogP contribution in [-0.2, 0) is 12.7 Å². The number of carbonyl (C=O) groups excluding carboxylic acids is 1. The predicted octanol–water partition coefficient (Wildman–Crippen LogP) is 3.14. The van der Waals surface area contributed by atoms with Crippen LogP contribution in [0.1, 0.15) is 21.6 Å². The van der Waals surface area contributed by atoms with Crippen molar-refractivity contribution in [2.45, 2.75) is 12.7 Å². The first-order valence-electron chi connectivity index (χ1n) is 7.11. The Morgan fingerprint density at radius 3 is 2.65 bits per heavy atom. The largest absolute Gasteiger partial charge is 0.439 e. The number of hydrogen-bond acceptors (Lipinski definition) is 4. The molecule has 0 saturated carbocycles. The van der Waals surface area contributed by atoms with Crippen LogP contribution in [0.3, 0.4) is 0 Å². The molecular weight excluding hydrogens is 371 g/mol. The highest BCUT2D eigenvalue weighted by atomic mass is 35.5. The molecule has 0 aliphatic heterocycles. The molecule has 0 spiro atoms. The highest BCUT2D eigenvalue weighted by Gasteiger charge is 2.33. The molecule has 0 atom stereocenters. The fourth-order valence-corrected chi connectivity index (χ4v) is 1.93. The highest BCUT2D eigenvalue weighted by Crippen LogP contribution is 2.31. The van der Waals surface area contributed by atoms with Gasteiger partial charge >= 0.3 is 6.18 Å². The molecule has 1 heterocycles. The Balaban J connectivity index is 0.00000338. The number of aromatic nitrogens is 1. The van der Waals surface area contributed by atoms with Crippen LogP contribution in [-0.4, -0.2) is 17.4 Å². The minimum Gasteiger partial charge on any atom is -0.439 e. The van der Waals surface area contributed by atoms with E-state index in [0.717, 1.165) is 6.07 Å². The highest BCUT2D eigenvalue weighted by molar-refractivity contribution is 5.94. The molecule has 0 aliphatic carbocycles. The standard InChI is InChI=1S/C17H14F3N3O2.ClH/c1-2-6-22-16(24)12-4-3-5-13(9-12)25-15-8-11(10-21)7-14(23-15)17(18,19)20;/h1,3-5,7-9H,6,10,21H2,(H,22,24);1H. The number of amides is 1. The van der Waals surface area contributed by atoms with Crippen molar-refractivity contribution in [2.75, 3.05) is 6.54 Å². The van der Waals surface area contributed by atoms with Crippen molar-refractivity contribution in [2.24, 2.45) is 5.73 Å². The first-order chi connectivity index (χ1) is 11.8. The topological polar surface area (TPSA) is 77.2 Å². The third kappa shape index (κ3) is 5.65. The van der Waals surface area contributed by atoms with Gasteiger partial charge in [-0.3, -0.25) is 4.79 Å².